The number of hydrogen-bond donors (Lipinski definition) is 1. The van der Waals surface area contributed by atoms with Crippen molar-refractivity contribution in [2.24, 2.45) is 0 Å². The fourth-order valence-electron chi connectivity index (χ4n) is 2.24. The molecule has 2 rings (SSSR count). The van der Waals surface area contributed by atoms with Crippen molar-refractivity contribution in [2.45, 2.75) is 18.9 Å². The number of carbonyl (C=O) groups excluding carboxylic acids is 1. The van der Waals surface area contributed by atoms with Crippen LogP contribution >= 0.6 is 0 Å². The molecule has 0 saturated carbocycles. The Morgan fingerprint density at radius 2 is 2.00 bits per heavy atom. The highest BCUT2D eigenvalue weighted by atomic mass is 19.1. The van der Waals surface area contributed by atoms with E-state index in [2.05, 4.69) is 10.2 Å². The molecule has 1 unspecified atom stereocenters. The molecule has 1 aliphatic heterocycles. The molecule has 1 aliphatic rings. The highest BCUT2D eigenvalue weighted by molar-refractivity contribution is 5.94. The van der Waals surface area contributed by atoms with Gasteiger partial charge in [-0.25, -0.2) is 8.78 Å². The van der Waals surface area contributed by atoms with E-state index >= 15 is 0 Å². The second-order valence-electron chi connectivity index (χ2n) is 4.73. The average Bonchev–Trinajstić information content (AvgIpc) is 2.27. The number of benzene rings is 1. The Morgan fingerprint density at radius 3 is 2.61 bits per heavy atom. The van der Waals surface area contributed by atoms with Gasteiger partial charge in [-0.05, 0) is 38.6 Å². The first-order chi connectivity index (χ1) is 8.54. The predicted octanol–water partition coefficient (Wildman–Crippen LogP) is 1.79. The maximum Gasteiger partial charge on any atom is 0.251 e. The lowest BCUT2D eigenvalue weighted by molar-refractivity contribution is 0.0911. The fraction of sp³-hybridized carbons (Fsp3) is 0.462. The van der Waals surface area contributed by atoms with Crippen molar-refractivity contribution < 1.29 is 13.6 Å². The maximum atomic E-state index is 13.0. The van der Waals surface area contributed by atoms with Crippen molar-refractivity contribution in [3.8, 4) is 0 Å². The first-order valence-corrected chi connectivity index (χ1v) is 6.00. The van der Waals surface area contributed by atoms with Crippen molar-refractivity contribution >= 4 is 5.91 Å². The molecule has 1 fully saturated rings. The molecule has 1 N–H and O–H groups in total. The third kappa shape index (κ3) is 3.26. The van der Waals surface area contributed by atoms with E-state index < -0.39 is 17.5 Å². The average molecular weight is 254 g/mol. The van der Waals surface area contributed by atoms with Crippen molar-refractivity contribution in [1.82, 2.24) is 10.2 Å². The summed E-state index contributed by atoms with van der Waals surface area (Å²) in [6.07, 6.45) is 1.91. The maximum absolute atomic E-state index is 13.0. The topological polar surface area (TPSA) is 32.3 Å². The van der Waals surface area contributed by atoms with E-state index in [1.54, 1.807) is 0 Å². The van der Waals surface area contributed by atoms with Crippen molar-refractivity contribution in [3.05, 3.63) is 35.4 Å². The van der Waals surface area contributed by atoms with Crippen molar-refractivity contribution in [2.75, 3.05) is 20.1 Å². The molecule has 18 heavy (non-hydrogen) atoms. The number of nitrogens with zero attached hydrogens (tertiary/aromatic N) is 1. The van der Waals surface area contributed by atoms with Gasteiger partial charge in [0.25, 0.3) is 5.91 Å². The van der Waals surface area contributed by atoms with Crippen LogP contribution < -0.4 is 5.32 Å². The van der Waals surface area contributed by atoms with Gasteiger partial charge in [0.1, 0.15) is 11.6 Å². The third-order valence-electron chi connectivity index (χ3n) is 3.08. The third-order valence-corrected chi connectivity index (χ3v) is 3.08. The normalized spacial score (nSPS) is 20.7. The fourth-order valence-corrected chi connectivity index (χ4v) is 2.24. The Balaban J connectivity index is 2.02. The number of halogens is 2. The first kappa shape index (κ1) is 13.0. The molecule has 3 nitrogen and oxygen atoms in total. The largest absolute Gasteiger partial charge is 0.348 e. The van der Waals surface area contributed by atoms with E-state index in [-0.39, 0.29) is 11.6 Å². The summed E-state index contributed by atoms with van der Waals surface area (Å²) in [7, 11) is 1.99. The van der Waals surface area contributed by atoms with E-state index in [1.165, 1.54) is 0 Å². The van der Waals surface area contributed by atoms with Crippen LogP contribution in [-0.2, 0) is 0 Å². The summed E-state index contributed by atoms with van der Waals surface area (Å²) in [5.41, 5.74) is 0.0285. The number of likely N-dealkylation sites (N-methyl/N-ethyl adjacent to an activating group) is 1. The van der Waals surface area contributed by atoms with Crippen LogP contribution in [0.25, 0.3) is 0 Å². The van der Waals surface area contributed by atoms with Crippen LogP contribution in [0.2, 0.25) is 0 Å². The predicted molar refractivity (Wildman–Crippen MR) is 64.3 cm³/mol. The Morgan fingerprint density at radius 1 is 1.33 bits per heavy atom. The number of nitrogens with one attached hydrogen (secondary N) is 1. The van der Waals surface area contributed by atoms with Crippen molar-refractivity contribution in [1.29, 1.82) is 0 Å². The first-order valence-electron chi connectivity index (χ1n) is 6.00. The number of likely N-dealkylation sites (tertiary alicyclic amines) is 1. The molecule has 1 atom stereocenters. The summed E-state index contributed by atoms with van der Waals surface area (Å²) in [4.78, 5) is 14.0. The summed E-state index contributed by atoms with van der Waals surface area (Å²) in [5.74, 6) is -1.89. The molecule has 0 radical (unpaired) electrons. The summed E-state index contributed by atoms with van der Waals surface area (Å²) < 4.78 is 26.0. The molecule has 1 aromatic rings. The molecule has 1 saturated heterocycles. The molecule has 0 aromatic heterocycles. The molecule has 0 aliphatic carbocycles. The Labute approximate surface area is 105 Å². The van der Waals surface area contributed by atoms with Gasteiger partial charge in [0, 0.05) is 24.2 Å². The number of piperidine rings is 1. The minimum absolute atomic E-state index is 0.0285. The Kier molecular flexibility index (Phi) is 3.91. The van der Waals surface area contributed by atoms with Crippen LogP contribution in [0.3, 0.4) is 0 Å². The van der Waals surface area contributed by atoms with Gasteiger partial charge in [-0.3, -0.25) is 4.79 Å². The number of rotatable bonds is 2. The van der Waals surface area contributed by atoms with Crippen LogP contribution in [0, 0.1) is 11.6 Å². The highest BCUT2D eigenvalue weighted by Crippen LogP contribution is 2.11. The quantitative estimate of drug-likeness (QED) is 0.872. The summed E-state index contributed by atoms with van der Waals surface area (Å²) in [5, 5.41) is 2.81. The van der Waals surface area contributed by atoms with E-state index in [1.807, 2.05) is 7.05 Å². The molecule has 0 spiro atoms. The molecule has 1 heterocycles. The molecular formula is C13H16F2N2O. The van der Waals surface area contributed by atoms with Crippen molar-refractivity contribution in [3.63, 3.8) is 0 Å². The Hall–Kier alpha value is -1.49. The molecule has 5 heteroatoms. The van der Waals surface area contributed by atoms with Crippen LogP contribution in [0.5, 0.6) is 0 Å². The lowest BCUT2D eigenvalue weighted by Gasteiger charge is -2.30. The second-order valence-corrected chi connectivity index (χ2v) is 4.73. The summed E-state index contributed by atoms with van der Waals surface area (Å²) in [6.45, 7) is 1.78. The summed E-state index contributed by atoms with van der Waals surface area (Å²) in [6, 6.07) is 2.89. The second kappa shape index (κ2) is 5.44. The lowest BCUT2D eigenvalue weighted by atomic mass is 10.1. The highest BCUT2D eigenvalue weighted by Gasteiger charge is 2.20. The minimum atomic E-state index is -0.735. The van der Waals surface area contributed by atoms with Crippen LogP contribution in [-0.4, -0.2) is 37.0 Å². The SMILES string of the molecule is CN1CCCC(NC(=O)c2cc(F)cc(F)c2)C1. The van der Waals surface area contributed by atoms with Gasteiger partial charge in [-0.1, -0.05) is 0 Å². The molecule has 98 valence electrons. The van der Waals surface area contributed by atoms with Crippen LogP contribution in [0.1, 0.15) is 23.2 Å². The van der Waals surface area contributed by atoms with E-state index in [0.717, 1.165) is 44.1 Å². The van der Waals surface area contributed by atoms with Gasteiger partial charge in [0.05, 0.1) is 0 Å². The summed E-state index contributed by atoms with van der Waals surface area (Å²) >= 11 is 0. The number of amides is 1. The van der Waals surface area contributed by atoms with E-state index in [0.29, 0.717) is 0 Å². The zero-order chi connectivity index (χ0) is 13.1. The van der Waals surface area contributed by atoms with Gasteiger partial charge in [0.15, 0.2) is 0 Å². The number of hydrogen-bond acceptors (Lipinski definition) is 2. The van der Waals surface area contributed by atoms with Gasteiger partial charge >= 0.3 is 0 Å². The Bertz CT molecular complexity index is 430. The molecule has 1 aromatic carbocycles. The number of carbonyl (C=O) groups is 1. The van der Waals surface area contributed by atoms with Gasteiger partial charge in [0.2, 0.25) is 0 Å². The molecular weight excluding hydrogens is 238 g/mol. The minimum Gasteiger partial charge on any atom is -0.348 e. The molecule has 1 amide bonds. The zero-order valence-corrected chi connectivity index (χ0v) is 10.2. The van der Waals surface area contributed by atoms with Gasteiger partial charge in [-0.2, -0.15) is 0 Å². The van der Waals surface area contributed by atoms with Crippen LogP contribution in [0.4, 0.5) is 8.78 Å². The standard InChI is InChI=1S/C13H16F2N2O/c1-17-4-2-3-12(8-17)16-13(18)9-5-10(14)7-11(15)6-9/h5-7,12H,2-4,8H2,1H3,(H,16,18). The lowest BCUT2D eigenvalue weighted by Crippen LogP contribution is -2.46. The smallest absolute Gasteiger partial charge is 0.251 e. The van der Waals surface area contributed by atoms with Gasteiger partial charge in [-0.15, -0.1) is 0 Å². The zero-order valence-electron chi connectivity index (χ0n) is 10.2. The van der Waals surface area contributed by atoms with Crippen LogP contribution in [0.15, 0.2) is 18.2 Å². The monoisotopic (exact) mass is 254 g/mol. The van der Waals surface area contributed by atoms with E-state index in [9.17, 15) is 13.6 Å². The van der Waals surface area contributed by atoms with Gasteiger partial charge < -0.3 is 10.2 Å². The van der Waals surface area contributed by atoms with E-state index in [4.69, 9.17) is 0 Å². The molecule has 0 bridgehead atoms.